The van der Waals surface area contributed by atoms with E-state index in [1.165, 1.54) is 30.9 Å². The summed E-state index contributed by atoms with van der Waals surface area (Å²) in [4.78, 5) is 25.3. The minimum atomic E-state index is -0.397. The normalized spacial score (nSPS) is 15.4. The van der Waals surface area contributed by atoms with Gasteiger partial charge in [0.25, 0.3) is 5.56 Å². The second-order valence-corrected chi connectivity index (χ2v) is 8.10. The Morgan fingerprint density at radius 2 is 1.85 bits per heavy atom. The van der Waals surface area contributed by atoms with E-state index in [1.54, 1.807) is 7.05 Å². The summed E-state index contributed by atoms with van der Waals surface area (Å²) in [7, 11) is 3.12. The monoisotopic (exact) mass is 431 g/mol. The minimum absolute atomic E-state index is 0.302. The van der Waals surface area contributed by atoms with Crippen molar-refractivity contribution in [3.05, 3.63) is 49.6 Å². The van der Waals surface area contributed by atoms with E-state index in [0.29, 0.717) is 28.6 Å². The molecule has 0 bridgehead atoms. The smallest absolute Gasteiger partial charge is 0.333 e. The molecule has 1 aliphatic carbocycles. The second-order valence-electron chi connectivity index (χ2n) is 7.18. The van der Waals surface area contributed by atoms with Gasteiger partial charge in [-0.05, 0) is 30.5 Å². The molecule has 1 aliphatic rings. The molecule has 27 heavy (non-hydrogen) atoms. The van der Waals surface area contributed by atoms with Gasteiger partial charge in [0.05, 0.1) is 5.56 Å². The number of nitrogens with one attached hydrogen (secondary N) is 1. The number of halogens is 1. The zero-order valence-electron chi connectivity index (χ0n) is 15.4. The minimum Gasteiger partial charge on any atom is -0.423 e. The third kappa shape index (κ3) is 3.14. The van der Waals surface area contributed by atoms with Crippen LogP contribution in [0.1, 0.15) is 32.1 Å². The van der Waals surface area contributed by atoms with Gasteiger partial charge in [-0.3, -0.25) is 13.9 Å². The van der Waals surface area contributed by atoms with Crippen molar-refractivity contribution in [3.63, 3.8) is 0 Å². The van der Waals surface area contributed by atoms with Gasteiger partial charge >= 0.3 is 5.69 Å². The number of hydrogen-bond donors (Lipinski definition) is 1. The molecule has 2 heterocycles. The van der Waals surface area contributed by atoms with Crippen LogP contribution in [0.3, 0.4) is 0 Å². The number of fused-ring (bicyclic) bond motifs is 1. The number of nitrogens with zero attached hydrogens (tertiary/aromatic N) is 2. The Morgan fingerprint density at radius 1 is 1.11 bits per heavy atom. The fourth-order valence-corrected chi connectivity index (χ4v) is 4.27. The number of hydrogen-bond acceptors (Lipinski definition) is 4. The number of benzene rings is 1. The quantitative estimate of drug-likeness (QED) is 0.679. The van der Waals surface area contributed by atoms with Crippen molar-refractivity contribution < 1.29 is 4.42 Å². The largest absolute Gasteiger partial charge is 0.423 e. The molecule has 0 atom stereocenters. The Bertz CT molecular complexity index is 1120. The number of furan rings is 1. The molecule has 0 amide bonds. The predicted octanol–water partition coefficient (Wildman–Crippen LogP) is 4.00. The zero-order valence-corrected chi connectivity index (χ0v) is 17.0. The van der Waals surface area contributed by atoms with Crippen molar-refractivity contribution in [1.29, 1.82) is 0 Å². The van der Waals surface area contributed by atoms with E-state index >= 15 is 0 Å². The van der Waals surface area contributed by atoms with Gasteiger partial charge in [0.2, 0.25) is 11.6 Å². The highest BCUT2D eigenvalue weighted by atomic mass is 79.9. The SMILES string of the molecule is Cn1c(=O)c2c(-c3cccc(Br)c3)c(NC3CCCCC3)oc2n(C)c1=O. The lowest BCUT2D eigenvalue weighted by Crippen LogP contribution is -2.36. The van der Waals surface area contributed by atoms with Crippen LogP contribution in [0.25, 0.3) is 22.2 Å². The summed E-state index contributed by atoms with van der Waals surface area (Å²) in [6.45, 7) is 0. The molecular weight excluding hydrogens is 410 g/mol. The molecule has 0 spiro atoms. The average molecular weight is 432 g/mol. The van der Waals surface area contributed by atoms with E-state index in [0.717, 1.165) is 27.4 Å². The first-order valence-corrected chi connectivity index (χ1v) is 10.0. The molecule has 0 aliphatic heterocycles. The summed E-state index contributed by atoms with van der Waals surface area (Å²) in [5.74, 6) is 0.563. The molecule has 0 unspecified atom stereocenters. The maximum absolute atomic E-state index is 12.9. The summed E-state index contributed by atoms with van der Waals surface area (Å²) >= 11 is 3.50. The van der Waals surface area contributed by atoms with Crippen LogP contribution in [0.15, 0.2) is 42.7 Å². The second kappa shape index (κ2) is 7.03. The third-order valence-corrected chi connectivity index (χ3v) is 5.83. The highest BCUT2D eigenvalue weighted by Gasteiger charge is 2.25. The van der Waals surface area contributed by atoms with Crippen molar-refractivity contribution in [3.8, 4) is 11.1 Å². The fourth-order valence-electron chi connectivity index (χ4n) is 3.87. The molecule has 1 saturated carbocycles. The van der Waals surface area contributed by atoms with Crippen LogP contribution in [0.2, 0.25) is 0 Å². The van der Waals surface area contributed by atoms with Crippen LogP contribution in [0.4, 0.5) is 5.88 Å². The van der Waals surface area contributed by atoms with Crippen LogP contribution in [-0.2, 0) is 14.1 Å². The van der Waals surface area contributed by atoms with Crippen LogP contribution in [0.5, 0.6) is 0 Å². The molecule has 2 aromatic heterocycles. The number of anilines is 1. The van der Waals surface area contributed by atoms with E-state index in [2.05, 4.69) is 21.2 Å². The van der Waals surface area contributed by atoms with Gasteiger partial charge in [-0.1, -0.05) is 47.3 Å². The summed E-state index contributed by atoms with van der Waals surface area (Å²) < 4.78 is 9.50. The standard InChI is InChI=1S/C20H22BrN3O3/c1-23-18(25)16-15(12-7-6-8-13(21)11-12)17(22-14-9-4-3-5-10-14)27-19(16)24(2)20(23)26/h6-8,11,14,22H,3-5,9-10H2,1-2H3. The summed E-state index contributed by atoms with van der Waals surface area (Å²) in [5.41, 5.74) is 1.15. The molecular formula is C20H22BrN3O3. The number of rotatable bonds is 3. The summed E-state index contributed by atoms with van der Waals surface area (Å²) in [6.07, 6.45) is 5.78. The van der Waals surface area contributed by atoms with E-state index in [4.69, 9.17) is 4.42 Å². The molecule has 0 saturated heterocycles. The molecule has 1 N–H and O–H groups in total. The lowest BCUT2D eigenvalue weighted by atomic mass is 9.95. The fraction of sp³-hybridized carbons (Fsp3) is 0.400. The van der Waals surface area contributed by atoms with E-state index in [1.807, 2.05) is 24.3 Å². The molecule has 142 valence electrons. The number of aromatic nitrogens is 2. The molecule has 4 rings (SSSR count). The lowest BCUT2D eigenvalue weighted by molar-refractivity contribution is 0.452. The maximum Gasteiger partial charge on any atom is 0.333 e. The van der Waals surface area contributed by atoms with Gasteiger partial charge in [-0.25, -0.2) is 4.79 Å². The van der Waals surface area contributed by atoms with Crippen LogP contribution < -0.4 is 16.6 Å². The Labute approximate surface area is 164 Å². The predicted molar refractivity (Wildman–Crippen MR) is 110 cm³/mol. The van der Waals surface area contributed by atoms with Gasteiger partial charge in [-0.15, -0.1) is 0 Å². The van der Waals surface area contributed by atoms with Crippen molar-refractivity contribution in [2.75, 3.05) is 5.32 Å². The first-order chi connectivity index (χ1) is 13.0. The number of aryl methyl sites for hydroxylation is 1. The topological polar surface area (TPSA) is 69.2 Å². The summed E-state index contributed by atoms with van der Waals surface area (Å²) in [5, 5.41) is 3.93. The van der Waals surface area contributed by atoms with Crippen LogP contribution >= 0.6 is 15.9 Å². The first-order valence-electron chi connectivity index (χ1n) is 9.22. The van der Waals surface area contributed by atoms with Gasteiger partial charge < -0.3 is 9.73 Å². The Balaban J connectivity index is 2.00. The van der Waals surface area contributed by atoms with E-state index in [-0.39, 0.29) is 5.56 Å². The van der Waals surface area contributed by atoms with Gasteiger partial charge in [-0.2, -0.15) is 0 Å². The highest BCUT2D eigenvalue weighted by Crippen LogP contribution is 2.38. The van der Waals surface area contributed by atoms with Crippen molar-refractivity contribution in [1.82, 2.24) is 9.13 Å². The third-order valence-electron chi connectivity index (χ3n) is 5.34. The van der Waals surface area contributed by atoms with Gasteiger partial charge in [0.15, 0.2) is 0 Å². The van der Waals surface area contributed by atoms with Crippen molar-refractivity contribution in [2.24, 2.45) is 14.1 Å². The van der Waals surface area contributed by atoms with Crippen molar-refractivity contribution >= 4 is 32.9 Å². The first kappa shape index (κ1) is 18.1. The van der Waals surface area contributed by atoms with E-state index in [9.17, 15) is 9.59 Å². The molecule has 1 fully saturated rings. The van der Waals surface area contributed by atoms with Gasteiger partial charge in [0.1, 0.15) is 5.39 Å². The van der Waals surface area contributed by atoms with Crippen LogP contribution in [0, 0.1) is 0 Å². The van der Waals surface area contributed by atoms with Crippen molar-refractivity contribution in [2.45, 2.75) is 38.1 Å². The van der Waals surface area contributed by atoms with Crippen LogP contribution in [-0.4, -0.2) is 15.2 Å². The Kier molecular flexibility index (Phi) is 4.72. The molecule has 7 heteroatoms. The summed E-state index contributed by atoms with van der Waals surface area (Å²) in [6, 6.07) is 8.08. The van der Waals surface area contributed by atoms with Gasteiger partial charge in [0, 0.05) is 24.6 Å². The zero-order chi connectivity index (χ0) is 19.1. The lowest BCUT2D eigenvalue weighted by Gasteiger charge is -2.23. The average Bonchev–Trinajstić information content (AvgIpc) is 3.05. The maximum atomic E-state index is 12.9. The molecule has 1 aromatic carbocycles. The highest BCUT2D eigenvalue weighted by molar-refractivity contribution is 9.10. The van der Waals surface area contributed by atoms with E-state index < -0.39 is 5.69 Å². The molecule has 0 radical (unpaired) electrons. The molecule has 3 aromatic rings. The Morgan fingerprint density at radius 3 is 2.56 bits per heavy atom. The molecule has 6 nitrogen and oxygen atoms in total. The Hall–Kier alpha value is -2.28.